The Morgan fingerprint density at radius 2 is 2.13 bits per heavy atom. The molecule has 0 amide bonds. The second kappa shape index (κ2) is 3.87. The molecule has 0 saturated carbocycles. The van der Waals surface area contributed by atoms with E-state index in [1.807, 2.05) is 20.8 Å². The van der Waals surface area contributed by atoms with E-state index in [0.29, 0.717) is 6.61 Å². The van der Waals surface area contributed by atoms with Crippen LogP contribution in [-0.4, -0.2) is 37.0 Å². The van der Waals surface area contributed by atoms with Gasteiger partial charge < -0.3 is 18.9 Å². The number of rotatable bonds is 3. The molecule has 2 rings (SSSR count). The van der Waals surface area contributed by atoms with Crippen LogP contribution in [0.4, 0.5) is 0 Å². The van der Waals surface area contributed by atoms with E-state index in [9.17, 15) is 0 Å². The van der Waals surface area contributed by atoms with Gasteiger partial charge in [0, 0.05) is 0 Å². The maximum atomic E-state index is 5.75. The van der Waals surface area contributed by atoms with Crippen molar-refractivity contribution in [2.75, 3.05) is 6.61 Å². The van der Waals surface area contributed by atoms with Crippen LogP contribution in [0.5, 0.6) is 0 Å². The Hall–Kier alpha value is -0.420. The second-order valence-corrected chi connectivity index (χ2v) is 4.40. The van der Waals surface area contributed by atoms with Crippen molar-refractivity contribution in [1.82, 2.24) is 0 Å². The lowest BCUT2D eigenvalue weighted by molar-refractivity contribution is -0.215. The van der Waals surface area contributed by atoms with Gasteiger partial charge in [0.25, 0.3) is 0 Å². The number of ether oxygens (including phenoxy) is 4. The Morgan fingerprint density at radius 1 is 1.40 bits per heavy atom. The zero-order valence-electron chi connectivity index (χ0n) is 9.43. The summed E-state index contributed by atoms with van der Waals surface area (Å²) in [5.74, 6) is -0.578. The van der Waals surface area contributed by atoms with E-state index < -0.39 is 5.79 Å². The summed E-state index contributed by atoms with van der Waals surface area (Å²) in [6, 6.07) is 0. The fraction of sp³-hybridized carbons (Fsp3) is 0.818. The summed E-state index contributed by atoms with van der Waals surface area (Å²) < 4.78 is 22.6. The van der Waals surface area contributed by atoms with Gasteiger partial charge in [0.2, 0.25) is 0 Å². The predicted molar refractivity (Wildman–Crippen MR) is 54.3 cm³/mol. The van der Waals surface area contributed by atoms with Crippen molar-refractivity contribution in [3.05, 3.63) is 12.7 Å². The van der Waals surface area contributed by atoms with Crippen molar-refractivity contribution in [2.24, 2.45) is 0 Å². The first kappa shape index (κ1) is 11.1. The van der Waals surface area contributed by atoms with E-state index in [-0.39, 0.29) is 24.6 Å². The number of fused-ring (bicyclic) bond motifs is 1. The molecule has 0 aliphatic carbocycles. The van der Waals surface area contributed by atoms with Crippen LogP contribution in [-0.2, 0) is 18.9 Å². The van der Waals surface area contributed by atoms with Crippen LogP contribution >= 0.6 is 0 Å². The second-order valence-electron chi connectivity index (χ2n) is 4.40. The van der Waals surface area contributed by atoms with Crippen LogP contribution in [0.1, 0.15) is 20.8 Å². The standard InChI is InChI=1S/C11H18O4/c1-5-6-12-8-7(2)13-10-9(8)14-11(3,4)15-10/h5,7-10H,1,6H2,2-4H3/t7-,8-,9-,10-/m1/s1. The van der Waals surface area contributed by atoms with Gasteiger partial charge in [-0.15, -0.1) is 6.58 Å². The maximum Gasteiger partial charge on any atom is 0.190 e. The number of hydrogen-bond acceptors (Lipinski definition) is 4. The predicted octanol–water partition coefficient (Wildman–Crippen LogP) is 1.45. The Labute approximate surface area is 90.1 Å². The highest BCUT2D eigenvalue weighted by molar-refractivity contribution is 4.92. The third-order valence-corrected chi connectivity index (χ3v) is 2.63. The molecule has 0 aromatic heterocycles. The zero-order chi connectivity index (χ0) is 11.1. The molecule has 2 fully saturated rings. The van der Waals surface area contributed by atoms with Crippen molar-refractivity contribution in [2.45, 2.75) is 51.2 Å². The minimum absolute atomic E-state index is 0.00366. The normalized spacial score (nSPS) is 42.9. The average Bonchev–Trinajstić information content (AvgIpc) is 2.54. The zero-order valence-corrected chi connectivity index (χ0v) is 9.43. The Kier molecular flexibility index (Phi) is 2.85. The first-order chi connectivity index (χ1) is 7.03. The summed E-state index contributed by atoms with van der Waals surface area (Å²) in [6.07, 6.45) is 1.21. The van der Waals surface area contributed by atoms with Crippen molar-refractivity contribution in [3.63, 3.8) is 0 Å². The van der Waals surface area contributed by atoms with E-state index in [4.69, 9.17) is 18.9 Å². The summed E-state index contributed by atoms with van der Waals surface area (Å²) >= 11 is 0. The number of hydrogen-bond donors (Lipinski definition) is 0. The maximum absolute atomic E-state index is 5.75. The molecule has 0 aromatic rings. The molecule has 2 aliphatic heterocycles. The molecule has 0 aromatic carbocycles. The van der Waals surface area contributed by atoms with Gasteiger partial charge in [0.15, 0.2) is 12.1 Å². The van der Waals surface area contributed by atoms with Crippen LogP contribution in [0.15, 0.2) is 12.7 Å². The summed E-state index contributed by atoms with van der Waals surface area (Å²) in [5, 5.41) is 0. The highest BCUT2D eigenvalue weighted by Crippen LogP contribution is 2.38. The molecule has 2 heterocycles. The molecule has 0 unspecified atom stereocenters. The minimum Gasteiger partial charge on any atom is -0.369 e. The quantitative estimate of drug-likeness (QED) is 0.666. The fourth-order valence-corrected chi connectivity index (χ4v) is 2.05. The third kappa shape index (κ3) is 2.08. The molecule has 0 radical (unpaired) electrons. The van der Waals surface area contributed by atoms with Crippen molar-refractivity contribution in [1.29, 1.82) is 0 Å². The largest absolute Gasteiger partial charge is 0.369 e. The van der Waals surface area contributed by atoms with Crippen molar-refractivity contribution < 1.29 is 18.9 Å². The lowest BCUT2D eigenvalue weighted by atomic mass is 10.1. The molecule has 0 N–H and O–H groups in total. The average molecular weight is 214 g/mol. The van der Waals surface area contributed by atoms with Gasteiger partial charge in [-0.05, 0) is 20.8 Å². The smallest absolute Gasteiger partial charge is 0.190 e. The third-order valence-electron chi connectivity index (χ3n) is 2.63. The summed E-state index contributed by atoms with van der Waals surface area (Å²) in [7, 11) is 0. The Morgan fingerprint density at radius 3 is 2.80 bits per heavy atom. The molecular formula is C11H18O4. The molecular weight excluding hydrogens is 196 g/mol. The molecule has 4 heteroatoms. The van der Waals surface area contributed by atoms with Gasteiger partial charge >= 0.3 is 0 Å². The van der Waals surface area contributed by atoms with Gasteiger partial charge in [0.1, 0.15) is 12.2 Å². The lowest BCUT2D eigenvalue weighted by Gasteiger charge is -2.23. The van der Waals surface area contributed by atoms with Crippen LogP contribution in [0.2, 0.25) is 0 Å². The first-order valence-electron chi connectivity index (χ1n) is 5.27. The molecule has 86 valence electrons. The van der Waals surface area contributed by atoms with Gasteiger partial charge in [-0.25, -0.2) is 0 Å². The van der Waals surface area contributed by atoms with Crippen LogP contribution in [0.25, 0.3) is 0 Å². The minimum atomic E-state index is -0.578. The molecule has 4 nitrogen and oxygen atoms in total. The topological polar surface area (TPSA) is 36.9 Å². The van der Waals surface area contributed by atoms with Crippen LogP contribution in [0, 0.1) is 0 Å². The highest BCUT2D eigenvalue weighted by atomic mass is 16.8. The SMILES string of the molecule is C=CCO[C@H]1[C@H]2OC(C)(C)O[C@H]2O[C@@H]1C. The summed E-state index contributed by atoms with van der Waals surface area (Å²) in [6.45, 7) is 9.85. The molecule has 4 atom stereocenters. The van der Waals surface area contributed by atoms with E-state index >= 15 is 0 Å². The molecule has 2 aliphatic rings. The lowest BCUT2D eigenvalue weighted by Crippen LogP contribution is -2.35. The van der Waals surface area contributed by atoms with Crippen LogP contribution in [0.3, 0.4) is 0 Å². The Balaban J connectivity index is 2.02. The molecule has 0 bridgehead atoms. The van der Waals surface area contributed by atoms with E-state index in [2.05, 4.69) is 6.58 Å². The fourth-order valence-electron chi connectivity index (χ4n) is 2.05. The monoisotopic (exact) mass is 214 g/mol. The first-order valence-corrected chi connectivity index (χ1v) is 5.27. The van der Waals surface area contributed by atoms with Crippen LogP contribution < -0.4 is 0 Å². The van der Waals surface area contributed by atoms with Crippen molar-refractivity contribution >= 4 is 0 Å². The summed E-state index contributed by atoms with van der Waals surface area (Å²) in [5.41, 5.74) is 0. The van der Waals surface area contributed by atoms with Gasteiger partial charge in [0.05, 0.1) is 12.7 Å². The van der Waals surface area contributed by atoms with E-state index in [0.717, 1.165) is 0 Å². The van der Waals surface area contributed by atoms with E-state index in [1.54, 1.807) is 6.08 Å². The van der Waals surface area contributed by atoms with E-state index in [1.165, 1.54) is 0 Å². The van der Waals surface area contributed by atoms with Gasteiger partial charge in [-0.3, -0.25) is 0 Å². The molecule has 15 heavy (non-hydrogen) atoms. The summed E-state index contributed by atoms with van der Waals surface area (Å²) in [4.78, 5) is 0. The molecule has 2 saturated heterocycles. The van der Waals surface area contributed by atoms with Gasteiger partial charge in [-0.1, -0.05) is 6.08 Å². The highest BCUT2D eigenvalue weighted by Gasteiger charge is 2.53. The van der Waals surface area contributed by atoms with Gasteiger partial charge in [-0.2, -0.15) is 0 Å². The van der Waals surface area contributed by atoms with Crippen molar-refractivity contribution in [3.8, 4) is 0 Å². The molecule has 0 spiro atoms. The Bertz CT molecular complexity index is 251.